The summed E-state index contributed by atoms with van der Waals surface area (Å²) in [6.45, 7) is 1.99. The van der Waals surface area contributed by atoms with Gasteiger partial charge in [0.25, 0.3) is 0 Å². The number of aryl methyl sites for hydroxylation is 1. The molecule has 0 radical (unpaired) electrons. The highest BCUT2D eigenvalue weighted by Gasteiger charge is 2.10. The molecule has 0 spiro atoms. The van der Waals surface area contributed by atoms with Crippen LogP contribution in [0.15, 0.2) is 36.4 Å². The zero-order chi connectivity index (χ0) is 15.2. The molecule has 106 valence electrons. The number of aromatic nitrogens is 1. The first kappa shape index (κ1) is 14.5. The van der Waals surface area contributed by atoms with Gasteiger partial charge in [0, 0.05) is 11.8 Å². The van der Waals surface area contributed by atoms with Crippen molar-refractivity contribution in [1.82, 2.24) is 4.98 Å². The minimum absolute atomic E-state index is 0.139. The molecule has 5 nitrogen and oxygen atoms in total. The van der Waals surface area contributed by atoms with Crippen LogP contribution in [0, 0.1) is 11.3 Å². The molecular weight excluding hydrogens is 268 g/mol. The minimum Gasteiger partial charge on any atom is -0.478 e. The number of ether oxygens (including phenoxy) is 1. The van der Waals surface area contributed by atoms with Crippen LogP contribution in [-0.2, 0) is 6.42 Å². The van der Waals surface area contributed by atoms with Crippen LogP contribution < -0.4 is 4.74 Å². The average molecular weight is 282 g/mol. The molecule has 21 heavy (non-hydrogen) atoms. The van der Waals surface area contributed by atoms with Crippen molar-refractivity contribution < 1.29 is 14.6 Å². The van der Waals surface area contributed by atoms with Crippen LogP contribution in [0.25, 0.3) is 0 Å². The van der Waals surface area contributed by atoms with Gasteiger partial charge >= 0.3 is 5.97 Å². The van der Waals surface area contributed by atoms with Gasteiger partial charge in [-0.2, -0.15) is 5.26 Å². The highest BCUT2D eigenvalue weighted by Crippen LogP contribution is 2.22. The maximum Gasteiger partial charge on any atom is 0.335 e. The van der Waals surface area contributed by atoms with Crippen molar-refractivity contribution in [2.24, 2.45) is 0 Å². The summed E-state index contributed by atoms with van der Waals surface area (Å²) in [5.74, 6) is -0.356. The van der Waals surface area contributed by atoms with Gasteiger partial charge in [-0.3, -0.25) is 0 Å². The van der Waals surface area contributed by atoms with Crippen molar-refractivity contribution >= 4 is 5.97 Å². The smallest absolute Gasteiger partial charge is 0.335 e. The number of rotatable bonds is 5. The van der Waals surface area contributed by atoms with Crippen molar-refractivity contribution in [1.29, 1.82) is 5.26 Å². The van der Waals surface area contributed by atoms with Crippen LogP contribution in [0.5, 0.6) is 11.6 Å². The summed E-state index contributed by atoms with van der Waals surface area (Å²) < 4.78 is 5.57. The van der Waals surface area contributed by atoms with E-state index in [1.807, 2.05) is 13.0 Å². The normalized spacial score (nSPS) is 9.90. The fourth-order valence-electron chi connectivity index (χ4n) is 1.87. The number of pyridine rings is 1. The SMILES string of the molecule is CCCc1cc(C(=O)O)cc(Oc2cccc(C#N)c2)n1. The summed E-state index contributed by atoms with van der Waals surface area (Å²) in [5, 5.41) is 18.0. The van der Waals surface area contributed by atoms with Crippen LogP contribution >= 0.6 is 0 Å². The van der Waals surface area contributed by atoms with Gasteiger partial charge in [-0.25, -0.2) is 9.78 Å². The lowest BCUT2D eigenvalue weighted by Crippen LogP contribution is -2.02. The minimum atomic E-state index is -1.02. The zero-order valence-electron chi connectivity index (χ0n) is 11.5. The van der Waals surface area contributed by atoms with Gasteiger partial charge in [0.15, 0.2) is 0 Å². The van der Waals surface area contributed by atoms with E-state index in [0.717, 1.165) is 6.42 Å². The molecule has 0 aliphatic rings. The lowest BCUT2D eigenvalue weighted by Gasteiger charge is -2.08. The average Bonchev–Trinajstić information content (AvgIpc) is 2.47. The molecule has 2 aromatic rings. The van der Waals surface area contributed by atoms with Crippen molar-refractivity contribution in [2.75, 3.05) is 0 Å². The van der Waals surface area contributed by atoms with Gasteiger partial charge < -0.3 is 9.84 Å². The van der Waals surface area contributed by atoms with Gasteiger partial charge in [-0.1, -0.05) is 19.4 Å². The summed E-state index contributed by atoms with van der Waals surface area (Å²) in [7, 11) is 0. The Bertz CT molecular complexity index is 705. The number of carbonyl (C=O) groups is 1. The van der Waals surface area contributed by atoms with Gasteiger partial charge in [-0.15, -0.1) is 0 Å². The van der Waals surface area contributed by atoms with Crippen LogP contribution in [0.3, 0.4) is 0 Å². The van der Waals surface area contributed by atoms with E-state index in [1.165, 1.54) is 6.07 Å². The Hall–Kier alpha value is -2.87. The molecule has 0 fully saturated rings. The predicted molar refractivity (Wildman–Crippen MR) is 76.4 cm³/mol. The highest BCUT2D eigenvalue weighted by atomic mass is 16.5. The fraction of sp³-hybridized carbons (Fsp3) is 0.188. The molecule has 0 aliphatic carbocycles. The number of hydrogen-bond donors (Lipinski definition) is 1. The Morgan fingerprint density at radius 2 is 2.19 bits per heavy atom. The topological polar surface area (TPSA) is 83.2 Å². The Balaban J connectivity index is 2.34. The predicted octanol–water partition coefficient (Wildman–Crippen LogP) is 3.40. The number of carboxylic acids is 1. The van der Waals surface area contributed by atoms with Crippen molar-refractivity contribution in [3.63, 3.8) is 0 Å². The Kier molecular flexibility index (Phi) is 4.52. The Labute approximate surface area is 122 Å². The molecule has 0 atom stereocenters. The van der Waals surface area contributed by atoms with Gasteiger partial charge in [0.05, 0.1) is 17.2 Å². The van der Waals surface area contributed by atoms with E-state index < -0.39 is 5.97 Å². The third kappa shape index (κ3) is 3.80. The maximum atomic E-state index is 11.1. The van der Waals surface area contributed by atoms with Crippen LogP contribution in [0.1, 0.15) is 35.0 Å². The molecule has 0 unspecified atom stereocenters. The van der Waals surface area contributed by atoms with E-state index in [1.54, 1.807) is 30.3 Å². The monoisotopic (exact) mass is 282 g/mol. The molecule has 1 aromatic carbocycles. The molecule has 1 N–H and O–H groups in total. The number of nitrogens with zero attached hydrogens (tertiary/aromatic N) is 2. The molecule has 0 saturated carbocycles. The third-order valence-electron chi connectivity index (χ3n) is 2.79. The molecule has 0 amide bonds. The van der Waals surface area contributed by atoms with Gasteiger partial charge in [-0.05, 0) is 30.7 Å². The maximum absolute atomic E-state index is 11.1. The summed E-state index contributed by atoms with van der Waals surface area (Å²) in [6, 6.07) is 11.6. The first-order valence-electron chi connectivity index (χ1n) is 6.54. The lowest BCUT2D eigenvalue weighted by molar-refractivity contribution is 0.0696. The highest BCUT2D eigenvalue weighted by molar-refractivity contribution is 5.88. The molecule has 0 bridgehead atoms. The molecule has 0 aliphatic heterocycles. The second kappa shape index (κ2) is 6.53. The summed E-state index contributed by atoms with van der Waals surface area (Å²) >= 11 is 0. The number of hydrogen-bond acceptors (Lipinski definition) is 4. The van der Waals surface area contributed by atoms with Crippen molar-refractivity contribution in [3.05, 3.63) is 53.2 Å². The van der Waals surface area contributed by atoms with Gasteiger partial charge in [0.2, 0.25) is 5.88 Å². The first-order valence-corrected chi connectivity index (χ1v) is 6.54. The number of carboxylic acid groups (broad SMARTS) is 1. The molecule has 1 heterocycles. The Morgan fingerprint density at radius 1 is 1.38 bits per heavy atom. The molecule has 2 rings (SSSR count). The Morgan fingerprint density at radius 3 is 2.86 bits per heavy atom. The van der Waals surface area contributed by atoms with E-state index >= 15 is 0 Å². The zero-order valence-corrected chi connectivity index (χ0v) is 11.5. The standard InChI is InChI=1S/C16H14N2O3/c1-2-4-13-8-12(16(19)20)9-15(18-13)21-14-6-3-5-11(7-14)10-17/h3,5-9H,2,4H2,1H3,(H,19,20). The number of benzene rings is 1. The van der Waals surface area contributed by atoms with Gasteiger partial charge in [0.1, 0.15) is 5.75 Å². The van der Waals surface area contributed by atoms with E-state index in [9.17, 15) is 4.79 Å². The third-order valence-corrected chi connectivity index (χ3v) is 2.79. The summed E-state index contributed by atoms with van der Waals surface area (Å²) in [5.41, 5.74) is 1.28. The molecule has 5 heteroatoms. The molecule has 1 aromatic heterocycles. The second-order valence-corrected chi connectivity index (χ2v) is 4.48. The van der Waals surface area contributed by atoms with Crippen LogP contribution in [0.4, 0.5) is 0 Å². The number of aromatic carboxylic acids is 1. The second-order valence-electron chi connectivity index (χ2n) is 4.48. The van der Waals surface area contributed by atoms with E-state index in [-0.39, 0.29) is 11.4 Å². The van der Waals surface area contributed by atoms with Crippen molar-refractivity contribution in [3.8, 4) is 17.7 Å². The van der Waals surface area contributed by atoms with E-state index in [4.69, 9.17) is 15.1 Å². The first-order chi connectivity index (χ1) is 10.1. The molecular formula is C16H14N2O3. The largest absolute Gasteiger partial charge is 0.478 e. The molecule has 0 saturated heterocycles. The fourth-order valence-corrected chi connectivity index (χ4v) is 1.87. The van der Waals surface area contributed by atoms with Crippen molar-refractivity contribution in [2.45, 2.75) is 19.8 Å². The van der Waals surface area contributed by atoms with Crippen LogP contribution in [-0.4, -0.2) is 16.1 Å². The van der Waals surface area contributed by atoms with E-state index in [0.29, 0.717) is 23.4 Å². The number of nitriles is 1. The van der Waals surface area contributed by atoms with E-state index in [2.05, 4.69) is 4.98 Å². The van der Waals surface area contributed by atoms with Crippen LogP contribution in [0.2, 0.25) is 0 Å². The quantitative estimate of drug-likeness (QED) is 0.908. The summed E-state index contributed by atoms with van der Waals surface area (Å²) in [4.78, 5) is 15.4. The summed E-state index contributed by atoms with van der Waals surface area (Å²) in [6.07, 6.45) is 1.54. The lowest BCUT2D eigenvalue weighted by atomic mass is 10.1.